The molecule has 1 amide bonds. The van der Waals surface area contributed by atoms with Gasteiger partial charge in [-0.1, -0.05) is 81.1 Å². The summed E-state index contributed by atoms with van der Waals surface area (Å²) in [4.78, 5) is 16.1. The van der Waals surface area contributed by atoms with E-state index in [1.165, 1.54) is 12.8 Å². The molecule has 1 aromatic heterocycles. The highest BCUT2D eigenvalue weighted by Gasteiger charge is 2.04. The Balaban J connectivity index is 1.54. The number of benzene rings is 1. The van der Waals surface area contributed by atoms with E-state index in [-0.39, 0.29) is 5.91 Å². The molecule has 0 aliphatic rings. The lowest BCUT2D eigenvalue weighted by molar-refractivity contribution is -0.116. The summed E-state index contributed by atoms with van der Waals surface area (Å²) in [5, 5.41) is 5.39. The van der Waals surface area contributed by atoms with Gasteiger partial charge in [-0.2, -0.15) is 0 Å². The van der Waals surface area contributed by atoms with Gasteiger partial charge in [-0.15, -0.1) is 0 Å². The maximum atomic E-state index is 11.7. The first-order valence-corrected chi connectivity index (χ1v) is 11.6. The normalized spacial score (nSPS) is 12.1. The van der Waals surface area contributed by atoms with Crippen LogP contribution >= 0.6 is 11.6 Å². The molecule has 0 bridgehead atoms. The molecule has 0 atom stereocenters. The van der Waals surface area contributed by atoms with E-state index < -0.39 is 0 Å². The van der Waals surface area contributed by atoms with Gasteiger partial charge < -0.3 is 10.1 Å². The Kier molecular flexibility index (Phi) is 11.2. The Morgan fingerprint density at radius 2 is 1.90 bits per heavy atom. The number of nitrogens with zero attached hydrogens (tertiary/aromatic N) is 1. The Hall–Kier alpha value is -2.33. The number of nitrogens with one attached hydrogen (secondary N) is 1. The van der Waals surface area contributed by atoms with Crippen LogP contribution in [-0.2, 0) is 4.79 Å². The number of fused-ring (bicyclic) bond motifs is 1. The van der Waals surface area contributed by atoms with Crippen LogP contribution in [0.3, 0.4) is 0 Å². The average Bonchev–Trinajstić information content (AvgIpc) is 2.73. The van der Waals surface area contributed by atoms with E-state index in [0.29, 0.717) is 30.1 Å². The first kappa shape index (κ1) is 24.9. The lowest BCUT2D eigenvalue weighted by Gasteiger charge is -2.07. The van der Waals surface area contributed by atoms with Crippen molar-refractivity contribution in [1.82, 2.24) is 10.3 Å². The summed E-state index contributed by atoms with van der Waals surface area (Å²) in [6.45, 7) is 7.50. The number of hydrogen-bond donors (Lipinski definition) is 1. The molecular weight excluding hydrogens is 408 g/mol. The second-order valence-corrected chi connectivity index (χ2v) is 8.67. The second-order valence-electron chi connectivity index (χ2n) is 8.31. The van der Waals surface area contributed by atoms with Gasteiger partial charge in [0.1, 0.15) is 5.15 Å². The van der Waals surface area contributed by atoms with Crippen LogP contribution in [-0.4, -0.2) is 24.0 Å². The molecule has 0 spiro atoms. The van der Waals surface area contributed by atoms with Gasteiger partial charge in [-0.3, -0.25) is 4.79 Å². The second kappa shape index (κ2) is 13.9. The monoisotopic (exact) mass is 442 g/mol. The quantitative estimate of drug-likeness (QED) is 0.159. The number of ether oxygens (including phenoxy) is 1. The first-order valence-electron chi connectivity index (χ1n) is 11.3. The summed E-state index contributed by atoms with van der Waals surface area (Å²) >= 11 is 6.23. The smallest absolute Gasteiger partial charge is 0.244 e. The van der Waals surface area contributed by atoms with Crippen LogP contribution < -0.4 is 10.1 Å². The molecule has 5 heteroatoms. The molecule has 0 aliphatic heterocycles. The lowest BCUT2D eigenvalue weighted by Crippen LogP contribution is -2.25. The van der Waals surface area contributed by atoms with E-state index in [9.17, 15) is 4.79 Å². The maximum Gasteiger partial charge on any atom is 0.244 e. The van der Waals surface area contributed by atoms with Crippen molar-refractivity contribution in [2.75, 3.05) is 13.2 Å². The summed E-state index contributed by atoms with van der Waals surface area (Å²) in [7, 11) is 0. The van der Waals surface area contributed by atoms with Crippen molar-refractivity contribution in [2.45, 2.75) is 59.3 Å². The fourth-order valence-corrected chi connectivity index (χ4v) is 3.41. The van der Waals surface area contributed by atoms with Gasteiger partial charge in [0, 0.05) is 24.1 Å². The van der Waals surface area contributed by atoms with Gasteiger partial charge >= 0.3 is 0 Å². The third-order valence-electron chi connectivity index (χ3n) is 4.86. The number of aromatic nitrogens is 1. The van der Waals surface area contributed by atoms with E-state index in [0.717, 1.165) is 42.0 Å². The predicted octanol–water partition coefficient (Wildman–Crippen LogP) is 6.88. The highest BCUT2D eigenvalue weighted by Crippen LogP contribution is 2.25. The topological polar surface area (TPSA) is 51.2 Å². The van der Waals surface area contributed by atoms with E-state index >= 15 is 0 Å². The fourth-order valence-electron chi connectivity index (χ4n) is 3.16. The molecule has 0 radical (unpaired) electrons. The summed E-state index contributed by atoms with van der Waals surface area (Å²) in [5.74, 6) is 1.04. The number of allylic oxidation sites excluding steroid dienone is 3. The summed E-state index contributed by atoms with van der Waals surface area (Å²) in [5.41, 5.74) is 0.987. The minimum Gasteiger partial charge on any atom is -0.478 e. The van der Waals surface area contributed by atoms with Crippen molar-refractivity contribution in [2.24, 2.45) is 5.92 Å². The number of hydrogen-bond acceptors (Lipinski definition) is 3. The number of carbonyl (C=O) groups excluding carboxylic acids is 1. The molecule has 0 saturated heterocycles. The zero-order valence-corrected chi connectivity index (χ0v) is 19.8. The predicted molar refractivity (Wildman–Crippen MR) is 131 cm³/mol. The minimum atomic E-state index is -0.0146. The third kappa shape index (κ3) is 10.0. The molecule has 4 nitrogen and oxygen atoms in total. The van der Waals surface area contributed by atoms with Crippen molar-refractivity contribution in [3.8, 4) is 5.88 Å². The Morgan fingerprint density at radius 1 is 1.16 bits per heavy atom. The van der Waals surface area contributed by atoms with Crippen LogP contribution in [0, 0.1) is 5.92 Å². The number of pyridine rings is 1. The maximum absolute atomic E-state index is 11.7. The SMILES string of the molecule is CC(C=CCCCCCCCOc1cc2ccccc2c(Cl)n1)=CC(=O)NCC(C)C. The van der Waals surface area contributed by atoms with Crippen LogP contribution in [0.4, 0.5) is 0 Å². The standard InChI is InChI=1S/C26H35ClN2O2/c1-20(2)19-28-24(30)17-21(3)13-9-7-5-4-6-8-12-16-31-25-18-22-14-10-11-15-23(22)26(27)29-25/h9-11,13-15,17-18,20H,4-8,12,16,19H2,1-3H3,(H,28,30). The van der Waals surface area contributed by atoms with Crippen LogP contribution in [0.5, 0.6) is 5.88 Å². The van der Waals surface area contributed by atoms with Gasteiger partial charge in [0.2, 0.25) is 11.8 Å². The zero-order valence-electron chi connectivity index (χ0n) is 19.0. The molecule has 2 rings (SSSR count). The van der Waals surface area contributed by atoms with Crippen molar-refractivity contribution >= 4 is 28.3 Å². The van der Waals surface area contributed by atoms with Gasteiger partial charge in [-0.05, 0) is 43.1 Å². The van der Waals surface area contributed by atoms with Crippen molar-refractivity contribution in [3.05, 3.63) is 59.3 Å². The lowest BCUT2D eigenvalue weighted by atomic mass is 10.1. The Morgan fingerprint density at radius 3 is 2.71 bits per heavy atom. The van der Waals surface area contributed by atoms with Crippen molar-refractivity contribution in [3.63, 3.8) is 0 Å². The molecule has 1 aromatic carbocycles. The highest BCUT2D eigenvalue weighted by atomic mass is 35.5. The van der Waals surface area contributed by atoms with Crippen molar-refractivity contribution < 1.29 is 9.53 Å². The third-order valence-corrected chi connectivity index (χ3v) is 5.15. The fraction of sp³-hybridized carbons (Fsp3) is 0.462. The van der Waals surface area contributed by atoms with E-state index in [2.05, 4.69) is 30.2 Å². The number of carbonyl (C=O) groups is 1. The van der Waals surface area contributed by atoms with Gasteiger partial charge in [0.15, 0.2) is 0 Å². The Labute approximate surface area is 191 Å². The molecule has 2 aromatic rings. The largest absolute Gasteiger partial charge is 0.478 e. The minimum absolute atomic E-state index is 0.0146. The number of halogens is 1. The molecular formula is C26H35ClN2O2. The highest BCUT2D eigenvalue weighted by molar-refractivity contribution is 6.34. The molecule has 31 heavy (non-hydrogen) atoms. The zero-order chi connectivity index (χ0) is 22.5. The van der Waals surface area contributed by atoms with E-state index in [1.807, 2.05) is 43.3 Å². The molecule has 1 N–H and O–H groups in total. The van der Waals surface area contributed by atoms with Crippen LogP contribution in [0.1, 0.15) is 59.3 Å². The van der Waals surface area contributed by atoms with Crippen LogP contribution in [0.25, 0.3) is 10.8 Å². The van der Waals surface area contributed by atoms with Gasteiger partial charge in [0.05, 0.1) is 6.61 Å². The molecule has 168 valence electrons. The molecule has 0 saturated carbocycles. The van der Waals surface area contributed by atoms with E-state index in [1.54, 1.807) is 6.08 Å². The number of unbranched alkanes of at least 4 members (excludes halogenated alkanes) is 5. The number of amides is 1. The molecule has 0 unspecified atom stereocenters. The van der Waals surface area contributed by atoms with E-state index in [4.69, 9.17) is 16.3 Å². The average molecular weight is 443 g/mol. The van der Waals surface area contributed by atoms with Gasteiger partial charge in [0.25, 0.3) is 0 Å². The van der Waals surface area contributed by atoms with Crippen LogP contribution in [0.15, 0.2) is 54.1 Å². The Bertz CT molecular complexity index is 890. The molecule has 0 fully saturated rings. The molecule has 1 heterocycles. The summed E-state index contributed by atoms with van der Waals surface area (Å²) in [6, 6.07) is 9.87. The molecule has 0 aliphatic carbocycles. The number of rotatable bonds is 13. The summed E-state index contributed by atoms with van der Waals surface area (Å²) < 4.78 is 5.78. The van der Waals surface area contributed by atoms with Crippen LogP contribution in [0.2, 0.25) is 5.15 Å². The first-order chi connectivity index (χ1) is 15.0. The van der Waals surface area contributed by atoms with Gasteiger partial charge in [-0.25, -0.2) is 4.98 Å². The summed E-state index contributed by atoms with van der Waals surface area (Å²) in [6.07, 6.45) is 12.6. The van der Waals surface area contributed by atoms with Crippen molar-refractivity contribution in [1.29, 1.82) is 0 Å².